The number of nitrogens with two attached hydrogens (primary N) is 2. The maximum atomic E-state index is 11.4. The molecular weight excluding hydrogens is 216 g/mol. The first-order chi connectivity index (χ1) is 7.02. The van der Waals surface area contributed by atoms with E-state index in [2.05, 4.69) is 9.97 Å². The summed E-state index contributed by atoms with van der Waals surface area (Å²) in [5, 5.41) is 0. The smallest absolute Gasteiger partial charge is 0.156 e. The largest absolute Gasteiger partial charge is 0.383 e. The van der Waals surface area contributed by atoms with Crippen molar-refractivity contribution in [3.8, 4) is 0 Å². The maximum Gasteiger partial charge on any atom is 0.156 e. The van der Waals surface area contributed by atoms with Gasteiger partial charge in [0, 0.05) is 5.56 Å². The van der Waals surface area contributed by atoms with Gasteiger partial charge in [0.25, 0.3) is 0 Å². The molecule has 0 bridgehead atoms. The van der Waals surface area contributed by atoms with E-state index in [1.807, 2.05) is 0 Å². The van der Waals surface area contributed by atoms with E-state index < -0.39 is 9.84 Å². The van der Waals surface area contributed by atoms with Crippen molar-refractivity contribution in [2.24, 2.45) is 5.73 Å². The minimum absolute atomic E-state index is 0.0535. The van der Waals surface area contributed by atoms with Gasteiger partial charge in [-0.3, -0.25) is 0 Å². The number of rotatable bonds is 1. The molecule has 15 heavy (non-hydrogen) atoms. The number of sulfone groups is 1. The average molecular weight is 228 g/mol. The van der Waals surface area contributed by atoms with E-state index >= 15 is 0 Å². The Labute approximate surface area is 87.6 Å². The Morgan fingerprint density at radius 3 is 2.73 bits per heavy atom. The number of nitrogens with zero attached hydrogens (tertiary/aromatic N) is 2. The molecule has 2 rings (SSSR count). The Balaban J connectivity index is 2.53. The molecule has 1 aromatic rings. The van der Waals surface area contributed by atoms with Crippen LogP contribution in [0.25, 0.3) is 0 Å². The minimum atomic E-state index is -3.02. The van der Waals surface area contributed by atoms with E-state index in [9.17, 15) is 8.42 Å². The van der Waals surface area contributed by atoms with Gasteiger partial charge < -0.3 is 11.5 Å². The number of hydrogen-bond acceptors (Lipinski definition) is 6. The van der Waals surface area contributed by atoms with Gasteiger partial charge in [0.05, 0.1) is 23.7 Å². The number of anilines is 1. The summed E-state index contributed by atoms with van der Waals surface area (Å²) in [6, 6.07) is 0. The first-order valence-corrected chi connectivity index (χ1v) is 6.38. The summed E-state index contributed by atoms with van der Waals surface area (Å²) < 4.78 is 22.8. The fraction of sp³-hybridized carbons (Fsp3) is 0.500. The molecule has 0 saturated carbocycles. The lowest BCUT2D eigenvalue weighted by Gasteiger charge is -2.17. The number of fused-ring (bicyclic) bond motifs is 1. The maximum absolute atomic E-state index is 11.4. The van der Waals surface area contributed by atoms with Crippen molar-refractivity contribution < 1.29 is 8.42 Å². The Kier molecular flexibility index (Phi) is 2.35. The Morgan fingerprint density at radius 1 is 1.33 bits per heavy atom. The molecule has 0 aromatic carbocycles. The highest BCUT2D eigenvalue weighted by Crippen LogP contribution is 2.22. The lowest BCUT2D eigenvalue weighted by Crippen LogP contribution is -2.23. The second-order valence-corrected chi connectivity index (χ2v) is 5.68. The quantitative estimate of drug-likeness (QED) is 0.636. The molecule has 1 aliphatic rings. The SMILES string of the molecule is NCc1nc(N)c2c(n1)CS(=O)(=O)CC2. The summed E-state index contributed by atoms with van der Waals surface area (Å²) in [5.41, 5.74) is 12.4. The predicted molar refractivity (Wildman–Crippen MR) is 55.5 cm³/mol. The van der Waals surface area contributed by atoms with Gasteiger partial charge in [-0.25, -0.2) is 18.4 Å². The summed E-state index contributed by atoms with van der Waals surface area (Å²) in [6.45, 7) is 0.164. The van der Waals surface area contributed by atoms with Crippen molar-refractivity contribution in [2.75, 3.05) is 11.5 Å². The van der Waals surface area contributed by atoms with Gasteiger partial charge in [0.15, 0.2) is 9.84 Å². The van der Waals surface area contributed by atoms with Gasteiger partial charge in [0.2, 0.25) is 0 Å². The van der Waals surface area contributed by atoms with Crippen LogP contribution in [0.15, 0.2) is 0 Å². The summed E-state index contributed by atoms with van der Waals surface area (Å²) in [7, 11) is -3.02. The third-order valence-electron chi connectivity index (χ3n) is 2.37. The fourth-order valence-corrected chi connectivity index (χ4v) is 2.94. The van der Waals surface area contributed by atoms with Crippen molar-refractivity contribution in [1.82, 2.24) is 9.97 Å². The van der Waals surface area contributed by atoms with Crippen molar-refractivity contribution in [3.05, 3.63) is 17.1 Å². The van der Waals surface area contributed by atoms with Crippen molar-refractivity contribution in [2.45, 2.75) is 18.7 Å². The molecule has 0 fully saturated rings. The standard InChI is InChI=1S/C8H12N4O2S/c9-3-7-11-6-4-15(13,14)2-1-5(6)8(10)12-7/h1-4,9H2,(H2,10,11,12). The van der Waals surface area contributed by atoms with Crippen LogP contribution in [-0.2, 0) is 28.6 Å². The number of hydrogen-bond donors (Lipinski definition) is 2. The van der Waals surface area contributed by atoms with E-state index in [0.717, 1.165) is 5.56 Å². The molecule has 0 unspecified atom stereocenters. The molecule has 0 aliphatic carbocycles. The fourth-order valence-electron chi connectivity index (χ4n) is 1.62. The third-order valence-corrected chi connectivity index (χ3v) is 3.91. The number of aromatic nitrogens is 2. The monoisotopic (exact) mass is 228 g/mol. The molecule has 0 radical (unpaired) electrons. The van der Waals surface area contributed by atoms with E-state index in [4.69, 9.17) is 11.5 Å². The predicted octanol–water partition coefficient (Wildman–Crippen LogP) is -1.01. The van der Waals surface area contributed by atoms with Crippen LogP contribution in [0.2, 0.25) is 0 Å². The summed E-state index contributed by atoms with van der Waals surface area (Å²) in [6.07, 6.45) is 0.397. The van der Waals surface area contributed by atoms with Crippen LogP contribution in [0.4, 0.5) is 5.82 Å². The second-order valence-electron chi connectivity index (χ2n) is 3.50. The Morgan fingerprint density at radius 2 is 2.07 bits per heavy atom. The first kappa shape index (κ1) is 10.3. The first-order valence-electron chi connectivity index (χ1n) is 4.56. The highest BCUT2D eigenvalue weighted by Gasteiger charge is 2.25. The molecule has 82 valence electrons. The molecule has 2 heterocycles. The summed E-state index contributed by atoms with van der Waals surface area (Å²) >= 11 is 0. The summed E-state index contributed by atoms with van der Waals surface area (Å²) in [5.74, 6) is 0.816. The van der Waals surface area contributed by atoms with Crippen molar-refractivity contribution in [3.63, 3.8) is 0 Å². The van der Waals surface area contributed by atoms with Crippen LogP contribution in [0.1, 0.15) is 17.1 Å². The molecule has 0 saturated heterocycles. The molecule has 1 aliphatic heterocycles. The van der Waals surface area contributed by atoms with E-state index in [-0.39, 0.29) is 18.1 Å². The molecule has 0 amide bonds. The molecule has 0 spiro atoms. The van der Waals surface area contributed by atoms with Crippen LogP contribution in [-0.4, -0.2) is 24.1 Å². The van der Waals surface area contributed by atoms with Crippen molar-refractivity contribution >= 4 is 15.7 Å². The molecule has 0 atom stereocenters. The highest BCUT2D eigenvalue weighted by atomic mass is 32.2. The Hall–Kier alpha value is -1.21. The molecule has 7 heteroatoms. The van der Waals surface area contributed by atoms with Gasteiger partial charge in [-0.2, -0.15) is 0 Å². The highest BCUT2D eigenvalue weighted by molar-refractivity contribution is 7.90. The zero-order valence-corrected chi connectivity index (χ0v) is 8.92. The molecule has 1 aromatic heterocycles. The van der Waals surface area contributed by atoms with Gasteiger partial charge in [-0.05, 0) is 6.42 Å². The molecular formula is C8H12N4O2S. The van der Waals surface area contributed by atoms with E-state index in [1.165, 1.54) is 0 Å². The number of nitrogen functional groups attached to an aromatic ring is 1. The van der Waals surface area contributed by atoms with Gasteiger partial charge in [0.1, 0.15) is 11.6 Å². The lowest BCUT2D eigenvalue weighted by molar-refractivity contribution is 0.590. The van der Waals surface area contributed by atoms with Crippen LogP contribution in [0.3, 0.4) is 0 Å². The van der Waals surface area contributed by atoms with Crippen LogP contribution >= 0.6 is 0 Å². The van der Waals surface area contributed by atoms with E-state index in [1.54, 1.807) is 0 Å². The molecule has 6 nitrogen and oxygen atoms in total. The zero-order valence-electron chi connectivity index (χ0n) is 8.10. The van der Waals surface area contributed by atoms with Gasteiger partial charge in [-0.1, -0.05) is 0 Å². The van der Waals surface area contributed by atoms with E-state index in [0.29, 0.717) is 23.8 Å². The van der Waals surface area contributed by atoms with Crippen molar-refractivity contribution in [1.29, 1.82) is 0 Å². The minimum Gasteiger partial charge on any atom is -0.383 e. The van der Waals surface area contributed by atoms with Crippen LogP contribution < -0.4 is 11.5 Å². The van der Waals surface area contributed by atoms with Crippen LogP contribution in [0, 0.1) is 0 Å². The van der Waals surface area contributed by atoms with Gasteiger partial charge in [-0.15, -0.1) is 0 Å². The average Bonchev–Trinajstić information content (AvgIpc) is 2.15. The second kappa shape index (κ2) is 3.42. The lowest BCUT2D eigenvalue weighted by atomic mass is 10.1. The van der Waals surface area contributed by atoms with Crippen LogP contribution in [0.5, 0.6) is 0 Å². The zero-order chi connectivity index (χ0) is 11.1. The third kappa shape index (κ3) is 1.93. The van der Waals surface area contributed by atoms with Gasteiger partial charge >= 0.3 is 0 Å². The normalized spacial score (nSPS) is 18.5. The molecule has 4 N–H and O–H groups in total. The Bertz CT molecular complexity index is 498. The summed E-state index contributed by atoms with van der Waals surface area (Å²) in [4.78, 5) is 8.09. The topological polar surface area (TPSA) is 112 Å².